The number of hydrogen-bond acceptors (Lipinski definition) is 3. The van der Waals surface area contributed by atoms with E-state index >= 15 is 0 Å². The maximum absolute atomic E-state index is 9.22. The molecule has 0 spiro atoms. The number of nitrogens with one attached hydrogen (secondary N) is 1. The van der Waals surface area contributed by atoms with Gasteiger partial charge < -0.3 is 10.4 Å². The van der Waals surface area contributed by atoms with E-state index in [1.165, 1.54) is 0 Å². The zero-order valence-corrected chi connectivity index (χ0v) is 9.43. The normalized spacial score (nSPS) is 13.1. The summed E-state index contributed by atoms with van der Waals surface area (Å²) >= 11 is 0. The first-order chi connectivity index (χ1) is 7.85. The molecule has 0 radical (unpaired) electrons. The van der Waals surface area contributed by atoms with Gasteiger partial charge in [0.05, 0.1) is 24.9 Å². The van der Waals surface area contributed by atoms with Crippen LogP contribution >= 0.6 is 0 Å². The molecule has 2 rings (SSSR count). The van der Waals surface area contributed by atoms with Crippen molar-refractivity contribution in [2.75, 3.05) is 13.2 Å². The van der Waals surface area contributed by atoms with Gasteiger partial charge in [0.1, 0.15) is 0 Å². The second-order valence-electron chi connectivity index (χ2n) is 3.82. The number of nitrogens with zero attached hydrogens (tertiary/aromatic N) is 2. The van der Waals surface area contributed by atoms with Crippen molar-refractivity contribution in [1.29, 1.82) is 0 Å². The van der Waals surface area contributed by atoms with Crippen LogP contribution in [-0.2, 0) is 6.54 Å². The van der Waals surface area contributed by atoms with Crippen molar-refractivity contribution >= 4 is 10.9 Å². The monoisotopic (exact) mass is 219 g/mol. The molecule has 0 saturated heterocycles. The lowest BCUT2D eigenvalue weighted by Gasteiger charge is -2.15. The zero-order valence-electron chi connectivity index (χ0n) is 9.43. The lowest BCUT2D eigenvalue weighted by molar-refractivity contribution is 0.228. The van der Waals surface area contributed by atoms with Gasteiger partial charge in [0.25, 0.3) is 0 Å². The molecule has 1 atom stereocenters. The standard InChI is InChI=1S/C12H17N3O/c1-2-13-11(9-16)8-15-12-6-4-3-5-10(12)7-14-15/h3-7,11,13,16H,2,8-9H2,1H3. The van der Waals surface area contributed by atoms with Crippen molar-refractivity contribution in [1.82, 2.24) is 15.1 Å². The average molecular weight is 219 g/mol. The van der Waals surface area contributed by atoms with Crippen LogP contribution in [-0.4, -0.2) is 34.1 Å². The lowest BCUT2D eigenvalue weighted by atomic mass is 10.2. The minimum Gasteiger partial charge on any atom is -0.395 e. The SMILES string of the molecule is CCNC(CO)Cn1ncc2ccccc21. The van der Waals surface area contributed by atoms with Gasteiger partial charge in [-0.15, -0.1) is 0 Å². The molecule has 1 heterocycles. The Labute approximate surface area is 94.9 Å². The smallest absolute Gasteiger partial charge is 0.0683 e. The molecule has 4 nitrogen and oxygen atoms in total. The Morgan fingerprint density at radius 3 is 3.00 bits per heavy atom. The van der Waals surface area contributed by atoms with Gasteiger partial charge in [0.2, 0.25) is 0 Å². The largest absolute Gasteiger partial charge is 0.395 e. The number of likely N-dealkylation sites (N-methyl/N-ethyl adjacent to an activating group) is 1. The van der Waals surface area contributed by atoms with Crippen molar-refractivity contribution in [3.63, 3.8) is 0 Å². The maximum Gasteiger partial charge on any atom is 0.0683 e. The van der Waals surface area contributed by atoms with Crippen molar-refractivity contribution in [2.24, 2.45) is 0 Å². The lowest BCUT2D eigenvalue weighted by Crippen LogP contribution is -2.36. The summed E-state index contributed by atoms with van der Waals surface area (Å²) in [6.45, 7) is 3.70. The van der Waals surface area contributed by atoms with E-state index in [9.17, 15) is 5.11 Å². The fourth-order valence-electron chi connectivity index (χ4n) is 1.86. The summed E-state index contributed by atoms with van der Waals surface area (Å²) in [4.78, 5) is 0. The summed E-state index contributed by atoms with van der Waals surface area (Å²) in [5.74, 6) is 0. The van der Waals surface area contributed by atoms with E-state index in [0.29, 0.717) is 6.54 Å². The summed E-state index contributed by atoms with van der Waals surface area (Å²) in [5, 5.41) is 17.9. The van der Waals surface area contributed by atoms with Gasteiger partial charge >= 0.3 is 0 Å². The van der Waals surface area contributed by atoms with Gasteiger partial charge in [-0.05, 0) is 12.6 Å². The average Bonchev–Trinajstić information content (AvgIpc) is 2.72. The van der Waals surface area contributed by atoms with Gasteiger partial charge in [-0.2, -0.15) is 5.10 Å². The molecule has 0 aliphatic heterocycles. The number of aromatic nitrogens is 2. The van der Waals surface area contributed by atoms with Crippen LogP contribution < -0.4 is 5.32 Å². The Morgan fingerprint density at radius 2 is 2.25 bits per heavy atom. The van der Waals surface area contributed by atoms with Gasteiger partial charge in [-0.1, -0.05) is 25.1 Å². The predicted octanol–water partition coefficient (Wildman–Crippen LogP) is 1.01. The molecular weight excluding hydrogens is 202 g/mol. The topological polar surface area (TPSA) is 50.1 Å². The van der Waals surface area contributed by atoms with Crippen molar-refractivity contribution in [3.05, 3.63) is 30.5 Å². The molecule has 16 heavy (non-hydrogen) atoms. The second-order valence-corrected chi connectivity index (χ2v) is 3.82. The molecule has 86 valence electrons. The van der Waals surface area contributed by atoms with Gasteiger partial charge in [0, 0.05) is 11.4 Å². The third-order valence-electron chi connectivity index (χ3n) is 2.66. The first kappa shape index (κ1) is 11.1. The van der Waals surface area contributed by atoms with E-state index in [2.05, 4.69) is 10.4 Å². The number of hydrogen-bond donors (Lipinski definition) is 2. The minimum atomic E-state index is 0.0632. The second kappa shape index (κ2) is 5.09. The number of fused-ring (bicyclic) bond motifs is 1. The molecule has 0 bridgehead atoms. The highest BCUT2D eigenvalue weighted by Gasteiger charge is 2.09. The molecule has 1 aromatic carbocycles. The van der Waals surface area contributed by atoms with Crippen molar-refractivity contribution in [2.45, 2.75) is 19.5 Å². The van der Waals surface area contributed by atoms with Gasteiger partial charge in [0.15, 0.2) is 0 Å². The Bertz CT molecular complexity index is 452. The van der Waals surface area contributed by atoms with E-state index < -0.39 is 0 Å². The fourth-order valence-corrected chi connectivity index (χ4v) is 1.86. The predicted molar refractivity (Wildman–Crippen MR) is 64.3 cm³/mol. The molecule has 1 unspecified atom stereocenters. The fraction of sp³-hybridized carbons (Fsp3) is 0.417. The van der Waals surface area contributed by atoms with Crippen LogP contribution in [0, 0.1) is 0 Å². The number of benzene rings is 1. The number of para-hydroxylation sites is 1. The Hall–Kier alpha value is -1.39. The third kappa shape index (κ3) is 2.23. The molecule has 0 aliphatic carbocycles. The van der Waals surface area contributed by atoms with E-state index in [-0.39, 0.29) is 12.6 Å². The van der Waals surface area contributed by atoms with Crippen LogP contribution in [0.5, 0.6) is 0 Å². The summed E-state index contributed by atoms with van der Waals surface area (Å²) < 4.78 is 1.93. The van der Waals surface area contributed by atoms with Gasteiger partial charge in [-0.25, -0.2) is 0 Å². The molecule has 4 heteroatoms. The van der Waals surface area contributed by atoms with Crippen LogP contribution in [0.15, 0.2) is 30.5 Å². The molecule has 0 amide bonds. The Kier molecular flexibility index (Phi) is 3.54. The molecule has 2 N–H and O–H groups in total. The van der Waals surface area contributed by atoms with Crippen molar-refractivity contribution < 1.29 is 5.11 Å². The van der Waals surface area contributed by atoms with E-state index in [4.69, 9.17) is 0 Å². The van der Waals surface area contributed by atoms with Crippen LogP contribution in [0.25, 0.3) is 10.9 Å². The summed E-state index contributed by atoms with van der Waals surface area (Å²) in [6.07, 6.45) is 1.86. The number of aliphatic hydroxyl groups is 1. The minimum absolute atomic E-state index is 0.0632. The molecule has 0 fully saturated rings. The Morgan fingerprint density at radius 1 is 1.44 bits per heavy atom. The molecule has 0 saturated carbocycles. The quantitative estimate of drug-likeness (QED) is 0.789. The molecule has 2 aromatic rings. The third-order valence-corrected chi connectivity index (χ3v) is 2.66. The van der Waals surface area contributed by atoms with Crippen LogP contribution in [0.1, 0.15) is 6.92 Å². The molecular formula is C12H17N3O. The van der Waals surface area contributed by atoms with Gasteiger partial charge in [-0.3, -0.25) is 4.68 Å². The van der Waals surface area contributed by atoms with Crippen molar-refractivity contribution in [3.8, 4) is 0 Å². The summed E-state index contributed by atoms with van der Waals surface area (Å²) in [7, 11) is 0. The maximum atomic E-state index is 9.22. The van der Waals surface area contributed by atoms with E-state index in [1.807, 2.05) is 42.1 Å². The first-order valence-electron chi connectivity index (χ1n) is 5.60. The highest BCUT2D eigenvalue weighted by molar-refractivity contribution is 5.78. The number of rotatable bonds is 5. The van der Waals surface area contributed by atoms with E-state index in [1.54, 1.807) is 0 Å². The van der Waals surface area contributed by atoms with Crippen LogP contribution in [0.3, 0.4) is 0 Å². The van der Waals surface area contributed by atoms with Crippen LogP contribution in [0.2, 0.25) is 0 Å². The number of aliphatic hydroxyl groups excluding tert-OH is 1. The highest BCUT2D eigenvalue weighted by Crippen LogP contribution is 2.12. The first-order valence-corrected chi connectivity index (χ1v) is 5.60. The summed E-state index contributed by atoms with van der Waals surface area (Å²) in [6, 6.07) is 8.15. The zero-order chi connectivity index (χ0) is 11.4. The molecule has 1 aromatic heterocycles. The highest BCUT2D eigenvalue weighted by atomic mass is 16.3. The Balaban J connectivity index is 2.20. The van der Waals surface area contributed by atoms with E-state index in [0.717, 1.165) is 17.4 Å². The molecule has 0 aliphatic rings. The van der Waals surface area contributed by atoms with Crippen LogP contribution in [0.4, 0.5) is 0 Å². The summed E-state index contributed by atoms with van der Waals surface area (Å²) in [5.41, 5.74) is 1.11.